The number of halogens is 1. The molecule has 1 heterocycles. The van der Waals surface area contributed by atoms with Gasteiger partial charge in [0.25, 0.3) is 5.91 Å². The molecule has 2 aromatic rings. The van der Waals surface area contributed by atoms with Gasteiger partial charge in [-0.3, -0.25) is 4.79 Å². The molecule has 1 N–H and O–H groups in total. The van der Waals surface area contributed by atoms with Crippen molar-refractivity contribution in [2.24, 2.45) is 0 Å². The SMILES string of the molecule is Cc1ccc(C(=O)NCCc2nc(C)no2)c(Br)c1. The zero-order valence-corrected chi connectivity index (χ0v) is 12.3. The van der Waals surface area contributed by atoms with Crippen LogP contribution in [0.3, 0.4) is 0 Å². The van der Waals surface area contributed by atoms with Gasteiger partial charge >= 0.3 is 0 Å². The summed E-state index contributed by atoms with van der Waals surface area (Å²) in [4.78, 5) is 16.0. The summed E-state index contributed by atoms with van der Waals surface area (Å²) in [7, 11) is 0. The molecule has 0 aliphatic carbocycles. The zero-order valence-electron chi connectivity index (χ0n) is 10.7. The summed E-state index contributed by atoms with van der Waals surface area (Å²) in [5.74, 6) is 1.01. The number of benzene rings is 1. The van der Waals surface area contributed by atoms with Crippen molar-refractivity contribution < 1.29 is 9.32 Å². The first kappa shape index (κ1) is 13.7. The van der Waals surface area contributed by atoms with E-state index in [9.17, 15) is 4.79 Å². The van der Waals surface area contributed by atoms with Gasteiger partial charge in [0, 0.05) is 17.4 Å². The molecular formula is C13H14BrN3O2. The van der Waals surface area contributed by atoms with E-state index in [2.05, 4.69) is 31.4 Å². The van der Waals surface area contributed by atoms with E-state index >= 15 is 0 Å². The van der Waals surface area contributed by atoms with Crippen LogP contribution in [0.4, 0.5) is 0 Å². The van der Waals surface area contributed by atoms with Crippen LogP contribution in [0.1, 0.15) is 27.6 Å². The molecule has 0 radical (unpaired) electrons. The molecular weight excluding hydrogens is 310 g/mol. The summed E-state index contributed by atoms with van der Waals surface area (Å²) < 4.78 is 5.76. The Hall–Kier alpha value is -1.69. The van der Waals surface area contributed by atoms with E-state index in [1.807, 2.05) is 19.1 Å². The van der Waals surface area contributed by atoms with Gasteiger partial charge in [-0.05, 0) is 47.5 Å². The number of aryl methyl sites for hydroxylation is 2. The van der Waals surface area contributed by atoms with E-state index in [1.54, 1.807) is 13.0 Å². The lowest BCUT2D eigenvalue weighted by atomic mass is 10.1. The Morgan fingerprint density at radius 1 is 1.42 bits per heavy atom. The second-order valence-electron chi connectivity index (χ2n) is 4.22. The van der Waals surface area contributed by atoms with Crippen LogP contribution in [0.15, 0.2) is 27.2 Å². The van der Waals surface area contributed by atoms with Crippen molar-refractivity contribution in [2.75, 3.05) is 6.54 Å². The molecule has 0 aliphatic heterocycles. The molecule has 1 aromatic heterocycles. The first-order chi connectivity index (χ1) is 9.06. The molecule has 0 bridgehead atoms. The minimum absolute atomic E-state index is 0.122. The maximum atomic E-state index is 12.0. The van der Waals surface area contributed by atoms with Crippen molar-refractivity contribution in [3.05, 3.63) is 45.5 Å². The molecule has 6 heteroatoms. The van der Waals surface area contributed by atoms with E-state index in [4.69, 9.17) is 4.52 Å². The lowest BCUT2D eigenvalue weighted by Gasteiger charge is -2.06. The molecule has 0 spiro atoms. The van der Waals surface area contributed by atoms with E-state index < -0.39 is 0 Å². The highest BCUT2D eigenvalue weighted by atomic mass is 79.9. The lowest BCUT2D eigenvalue weighted by Crippen LogP contribution is -2.26. The molecule has 0 fully saturated rings. The minimum atomic E-state index is -0.122. The van der Waals surface area contributed by atoms with Gasteiger partial charge in [0.2, 0.25) is 5.89 Å². The Labute approximate surface area is 119 Å². The quantitative estimate of drug-likeness (QED) is 0.938. The Morgan fingerprint density at radius 2 is 2.21 bits per heavy atom. The number of nitrogens with zero attached hydrogens (tertiary/aromatic N) is 2. The molecule has 0 saturated carbocycles. The Kier molecular flexibility index (Phi) is 4.31. The third-order valence-electron chi connectivity index (χ3n) is 2.56. The fourth-order valence-electron chi connectivity index (χ4n) is 1.62. The van der Waals surface area contributed by atoms with Gasteiger partial charge in [-0.15, -0.1) is 0 Å². The molecule has 0 atom stereocenters. The Bertz CT molecular complexity index is 595. The Balaban J connectivity index is 1.90. The zero-order chi connectivity index (χ0) is 13.8. The third-order valence-corrected chi connectivity index (χ3v) is 3.22. The van der Waals surface area contributed by atoms with Gasteiger partial charge in [0.15, 0.2) is 5.82 Å². The number of aromatic nitrogens is 2. The molecule has 0 aliphatic rings. The highest BCUT2D eigenvalue weighted by molar-refractivity contribution is 9.10. The van der Waals surface area contributed by atoms with Crippen LogP contribution in [0, 0.1) is 13.8 Å². The molecule has 1 amide bonds. The van der Waals surface area contributed by atoms with E-state index in [0.717, 1.165) is 10.0 Å². The van der Waals surface area contributed by atoms with Gasteiger partial charge in [0.05, 0.1) is 5.56 Å². The number of carbonyl (C=O) groups excluding carboxylic acids is 1. The topological polar surface area (TPSA) is 68.0 Å². The van der Waals surface area contributed by atoms with E-state index in [0.29, 0.717) is 30.2 Å². The first-order valence-corrected chi connectivity index (χ1v) is 6.69. The standard InChI is InChI=1S/C13H14BrN3O2/c1-8-3-4-10(11(14)7-8)13(18)15-6-5-12-16-9(2)17-19-12/h3-4,7H,5-6H2,1-2H3,(H,15,18). The van der Waals surface area contributed by atoms with Crippen LogP contribution in [0.2, 0.25) is 0 Å². The van der Waals surface area contributed by atoms with Gasteiger partial charge in [-0.2, -0.15) is 4.98 Å². The van der Waals surface area contributed by atoms with Crippen molar-refractivity contribution in [1.82, 2.24) is 15.5 Å². The van der Waals surface area contributed by atoms with E-state index in [1.165, 1.54) is 0 Å². The minimum Gasteiger partial charge on any atom is -0.351 e. The predicted molar refractivity (Wildman–Crippen MR) is 74.0 cm³/mol. The molecule has 2 rings (SSSR count). The first-order valence-electron chi connectivity index (χ1n) is 5.90. The molecule has 5 nitrogen and oxygen atoms in total. The number of amides is 1. The molecule has 19 heavy (non-hydrogen) atoms. The predicted octanol–water partition coefficient (Wildman–Crippen LogP) is 2.42. The highest BCUT2D eigenvalue weighted by Crippen LogP contribution is 2.18. The maximum Gasteiger partial charge on any atom is 0.252 e. The highest BCUT2D eigenvalue weighted by Gasteiger charge is 2.10. The second-order valence-corrected chi connectivity index (χ2v) is 5.08. The largest absolute Gasteiger partial charge is 0.351 e. The van der Waals surface area contributed by atoms with Crippen molar-refractivity contribution >= 4 is 21.8 Å². The van der Waals surface area contributed by atoms with Crippen LogP contribution in [-0.2, 0) is 6.42 Å². The number of carbonyl (C=O) groups is 1. The van der Waals surface area contributed by atoms with Crippen LogP contribution >= 0.6 is 15.9 Å². The molecule has 0 unspecified atom stereocenters. The normalized spacial score (nSPS) is 10.5. The number of rotatable bonds is 4. The summed E-state index contributed by atoms with van der Waals surface area (Å²) in [5, 5.41) is 6.51. The van der Waals surface area contributed by atoms with Crippen molar-refractivity contribution in [3.63, 3.8) is 0 Å². The van der Waals surface area contributed by atoms with Gasteiger partial charge in [-0.1, -0.05) is 11.2 Å². The third kappa shape index (κ3) is 3.64. The average Bonchev–Trinajstić information content (AvgIpc) is 2.75. The maximum absolute atomic E-state index is 12.0. The lowest BCUT2D eigenvalue weighted by molar-refractivity contribution is 0.0952. The number of hydrogen-bond acceptors (Lipinski definition) is 4. The summed E-state index contributed by atoms with van der Waals surface area (Å²) in [6.07, 6.45) is 0.524. The average molecular weight is 324 g/mol. The number of nitrogens with one attached hydrogen (secondary N) is 1. The molecule has 100 valence electrons. The fourth-order valence-corrected chi connectivity index (χ4v) is 2.30. The van der Waals surface area contributed by atoms with Crippen LogP contribution < -0.4 is 5.32 Å². The monoisotopic (exact) mass is 323 g/mol. The summed E-state index contributed by atoms with van der Waals surface area (Å²) in [6.45, 7) is 4.19. The van der Waals surface area contributed by atoms with E-state index in [-0.39, 0.29) is 5.91 Å². The van der Waals surface area contributed by atoms with Crippen molar-refractivity contribution in [3.8, 4) is 0 Å². The van der Waals surface area contributed by atoms with Crippen LogP contribution in [0.5, 0.6) is 0 Å². The van der Waals surface area contributed by atoms with Gasteiger partial charge in [-0.25, -0.2) is 0 Å². The smallest absolute Gasteiger partial charge is 0.252 e. The second kappa shape index (κ2) is 5.97. The molecule has 1 aromatic carbocycles. The van der Waals surface area contributed by atoms with Crippen molar-refractivity contribution in [1.29, 1.82) is 0 Å². The summed E-state index contributed by atoms with van der Waals surface area (Å²) in [5.41, 5.74) is 1.72. The van der Waals surface area contributed by atoms with Crippen LogP contribution in [-0.4, -0.2) is 22.6 Å². The summed E-state index contributed by atoms with van der Waals surface area (Å²) >= 11 is 3.39. The molecule has 0 saturated heterocycles. The fraction of sp³-hybridized carbons (Fsp3) is 0.308. The summed E-state index contributed by atoms with van der Waals surface area (Å²) in [6, 6.07) is 5.61. The van der Waals surface area contributed by atoms with Crippen molar-refractivity contribution in [2.45, 2.75) is 20.3 Å². The van der Waals surface area contributed by atoms with Gasteiger partial charge < -0.3 is 9.84 Å². The van der Waals surface area contributed by atoms with Gasteiger partial charge in [0.1, 0.15) is 0 Å². The van der Waals surface area contributed by atoms with Crippen LogP contribution in [0.25, 0.3) is 0 Å². The Morgan fingerprint density at radius 3 is 2.84 bits per heavy atom. The number of hydrogen-bond donors (Lipinski definition) is 1.